The molecule has 2 aromatic heterocycles. The number of aromatic nitrogens is 3. The third kappa shape index (κ3) is 3.69. The van der Waals surface area contributed by atoms with Crippen molar-refractivity contribution in [1.82, 2.24) is 14.7 Å². The van der Waals surface area contributed by atoms with Crippen molar-refractivity contribution in [3.8, 4) is 11.5 Å². The van der Waals surface area contributed by atoms with E-state index in [2.05, 4.69) is 39.1 Å². The summed E-state index contributed by atoms with van der Waals surface area (Å²) in [5.74, 6) is 1.16. The Hall–Kier alpha value is -3.45. The highest BCUT2D eigenvalue weighted by atomic mass is 16.6. The number of hydrogen-bond donors (Lipinski definition) is 0. The number of hydrogen-bond acceptors (Lipinski definition) is 5. The second-order valence-electron chi connectivity index (χ2n) is 9.00. The molecule has 0 aliphatic heterocycles. The Kier molecular flexibility index (Phi) is 5.06. The summed E-state index contributed by atoms with van der Waals surface area (Å²) in [5.41, 5.74) is 3.09. The van der Waals surface area contributed by atoms with Crippen molar-refractivity contribution in [2.24, 2.45) is 0 Å². The van der Waals surface area contributed by atoms with Crippen molar-refractivity contribution in [3.63, 3.8) is 0 Å². The maximum absolute atomic E-state index is 12.8. The number of benzene rings is 2. The summed E-state index contributed by atoms with van der Waals surface area (Å²) in [6.45, 7) is 2.12. The molecule has 1 aliphatic rings. The smallest absolute Gasteiger partial charge is 0.415 e. The molecule has 4 aromatic rings. The van der Waals surface area contributed by atoms with Gasteiger partial charge in [-0.3, -0.25) is 0 Å². The van der Waals surface area contributed by atoms with Crippen LogP contribution in [-0.4, -0.2) is 45.4 Å². The zero-order chi connectivity index (χ0) is 22.3. The molecule has 0 spiro atoms. The van der Waals surface area contributed by atoms with Gasteiger partial charge in [0.15, 0.2) is 5.82 Å². The minimum absolute atomic E-state index is 0.186. The summed E-state index contributed by atoms with van der Waals surface area (Å²) < 4.78 is 13.5. The van der Waals surface area contributed by atoms with Crippen molar-refractivity contribution in [2.45, 2.75) is 38.5 Å². The fourth-order valence-electron chi connectivity index (χ4n) is 4.38. The zero-order valence-corrected chi connectivity index (χ0v) is 18.6. The van der Waals surface area contributed by atoms with Gasteiger partial charge in [0.1, 0.15) is 12.6 Å². The number of ether oxygens (including phenoxy) is 1. The lowest BCUT2D eigenvalue weighted by Crippen LogP contribution is -2.58. The SMILES string of the molecule is Cc1noc(-c2ccc3c(ccn3[C@H]3C[C@H]([N+](C)(C)C(=O)OCc4ccccc4)C3)c2)n1. The van der Waals surface area contributed by atoms with E-state index in [4.69, 9.17) is 9.26 Å². The van der Waals surface area contributed by atoms with Gasteiger partial charge in [0.2, 0.25) is 0 Å². The first-order valence-electron chi connectivity index (χ1n) is 10.9. The Bertz CT molecular complexity index is 1250. The van der Waals surface area contributed by atoms with Crippen LogP contribution >= 0.6 is 0 Å². The van der Waals surface area contributed by atoms with Gasteiger partial charge >= 0.3 is 6.09 Å². The van der Waals surface area contributed by atoms with Crippen LogP contribution in [0.15, 0.2) is 65.3 Å². The van der Waals surface area contributed by atoms with Gasteiger partial charge in [-0.05, 0) is 36.8 Å². The van der Waals surface area contributed by atoms with E-state index in [0.717, 1.165) is 29.4 Å². The van der Waals surface area contributed by atoms with E-state index < -0.39 is 0 Å². The van der Waals surface area contributed by atoms with Crippen LogP contribution in [0, 0.1) is 6.92 Å². The summed E-state index contributed by atoms with van der Waals surface area (Å²) >= 11 is 0. The lowest BCUT2D eigenvalue weighted by Gasteiger charge is -2.44. The molecule has 2 heterocycles. The van der Waals surface area contributed by atoms with Gasteiger partial charge in [-0.1, -0.05) is 35.5 Å². The summed E-state index contributed by atoms with van der Waals surface area (Å²) in [6.07, 6.45) is 3.81. The molecule has 0 atom stereocenters. The molecule has 0 radical (unpaired) electrons. The van der Waals surface area contributed by atoms with Crippen LogP contribution in [0.5, 0.6) is 0 Å². The molecule has 1 fully saturated rings. The lowest BCUT2D eigenvalue weighted by molar-refractivity contribution is -0.852. The topological polar surface area (TPSA) is 70.2 Å². The van der Waals surface area contributed by atoms with Gasteiger partial charge in [-0.2, -0.15) is 9.78 Å². The fourth-order valence-corrected chi connectivity index (χ4v) is 4.38. The Balaban J connectivity index is 1.24. The fraction of sp³-hybridized carbons (Fsp3) is 0.320. The molecule has 1 saturated carbocycles. The van der Waals surface area contributed by atoms with Crippen LogP contribution in [0.2, 0.25) is 0 Å². The number of carbonyl (C=O) groups excluding carboxylic acids is 1. The zero-order valence-electron chi connectivity index (χ0n) is 18.6. The molecule has 32 heavy (non-hydrogen) atoms. The largest absolute Gasteiger partial charge is 0.516 e. The Morgan fingerprint density at radius 3 is 2.66 bits per heavy atom. The van der Waals surface area contributed by atoms with E-state index in [9.17, 15) is 4.79 Å². The van der Waals surface area contributed by atoms with Crippen molar-refractivity contribution in [2.75, 3.05) is 14.1 Å². The molecule has 0 bridgehead atoms. The Morgan fingerprint density at radius 2 is 1.94 bits per heavy atom. The lowest BCUT2D eigenvalue weighted by atomic mass is 9.84. The highest BCUT2D eigenvalue weighted by Gasteiger charge is 2.47. The normalized spacial score (nSPS) is 18.5. The average molecular weight is 432 g/mol. The average Bonchev–Trinajstić information content (AvgIpc) is 3.37. The van der Waals surface area contributed by atoms with Gasteiger partial charge in [0.05, 0.1) is 14.1 Å². The van der Waals surface area contributed by atoms with E-state index in [-0.39, 0.29) is 16.6 Å². The number of carbonyl (C=O) groups is 1. The molecule has 1 amide bonds. The van der Waals surface area contributed by atoms with Crippen molar-refractivity contribution < 1.29 is 18.5 Å². The van der Waals surface area contributed by atoms with Crippen LogP contribution in [0.4, 0.5) is 4.79 Å². The highest BCUT2D eigenvalue weighted by molar-refractivity contribution is 5.84. The summed E-state index contributed by atoms with van der Waals surface area (Å²) in [5, 5.41) is 5.01. The molecule has 7 nitrogen and oxygen atoms in total. The number of aryl methyl sites for hydroxylation is 1. The predicted octanol–water partition coefficient (Wildman–Crippen LogP) is 5.12. The van der Waals surface area contributed by atoms with E-state index in [0.29, 0.717) is 24.4 Å². The Labute approximate surface area is 186 Å². The first-order chi connectivity index (χ1) is 15.4. The minimum atomic E-state index is -0.186. The number of quaternary nitrogens is 1. The van der Waals surface area contributed by atoms with Crippen LogP contribution in [0.3, 0.4) is 0 Å². The summed E-state index contributed by atoms with van der Waals surface area (Å²) in [7, 11) is 3.89. The maximum atomic E-state index is 12.8. The van der Waals surface area contributed by atoms with Crippen LogP contribution in [-0.2, 0) is 11.3 Å². The molecular weight excluding hydrogens is 404 g/mol. The quantitative estimate of drug-likeness (QED) is 0.410. The molecule has 164 valence electrons. The molecule has 0 N–H and O–H groups in total. The minimum Gasteiger partial charge on any atom is -0.415 e. The van der Waals surface area contributed by atoms with Crippen molar-refractivity contribution in [1.29, 1.82) is 0 Å². The highest BCUT2D eigenvalue weighted by Crippen LogP contribution is 2.40. The third-order valence-corrected chi connectivity index (χ3v) is 6.57. The van der Waals surface area contributed by atoms with Gasteiger partial charge in [-0.15, -0.1) is 0 Å². The standard InChI is InChI=1S/C25H27N4O3/c1-17-26-24(32-27-17)20-9-10-23-19(13-20)11-12-28(23)21-14-22(15-21)29(2,3)25(30)31-16-18-7-5-4-6-8-18/h4-13,21-22H,14-16H2,1-3H3/q+1/t21-,22-. The maximum Gasteiger partial charge on any atom is 0.516 e. The van der Waals surface area contributed by atoms with Crippen LogP contribution in [0.1, 0.15) is 30.3 Å². The van der Waals surface area contributed by atoms with Gasteiger partial charge < -0.3 is 13.8 Å². The molecule has 2 aromatic carbocycles. The molecular formula is C25H27N4O3+. The first kappa shape index (κ1) is 20.5. The monoisotopic (exact) mass is 431 g/mol. The van der Waals surface area contributed by atoms with E-state index in [1.54, 1.807) is 0 Å². The van der Waals surface area contributed by atoms with Crippen LogP contribution in [0.25, 0.3) is 22.4 Å². The molecule has 1 aliphatic carbocycles. The van der Waals surface area contributed by atoms with Gasteiger partial charge in [0.25, 0.3) is 5.89 Å². The van der Waals surface area contributed by atoms with E-state index in [1.807, 2.05) is 57.4 Å². The van der Waals surface area contributed by atoms with Crippen molar-refractivity contribution >= 4 is 17.0 Å². The third-order valence-electron chi connectivity index (χ3n) is 6.57. The number of rotatable bonds is 5. The first-order valence-corrected chi connectivity index (χ1v) is 10.9. The molecule has 0 saturated heterocycles. The number of fused-ring (bicyclic) bond motifs is 1. The molecule has 7 heteroatoms. The van der Waals surface area contributed by atoms with Crippen LogP contribution < -0.4 is 0 Å². The molecule has 0 unspecified atom stereocenters. The predicted molar refractivity (Wildman–Crippen MR) is 121 cm³/mol. The molecule has 5 rings (SSSR count). The Morgan fingerprint density at radius 1 is 1.16 bits per heavy atom. The number of nitrogens with zero attached hydrogens (tertiary/aromatic N) is 4. The second-order valence-corrected chi connectivity index (χ2v) is 9.00. The summed E-state index contributed by atoms with van der Waals surface area (Å²) in [6, 6.07) is 18.7. The van der Waals surface area contributed by atoms with Gasteiger partial charge in [0, 0.05) is 41.5 Å². The number of amides is 1. The van der Waals surface area contributed by atoms with Gasteiger partial charge in [-0.25, -0.2) is 4.48 Å². The summed E-state index contributed by atoms with van der Waals surface area (Å²) in [4.78, 5) is 17.1. The van der Waals surface area contributed by atoms with Crippen molar-refractivity contribution in [3.05, 3.63) is 72.2 Å². The second kappa shape index (κ2) is 7.91. The van der Waals surface area contributed by atoms with E-state index in [1.165, 1.54) is 5.52 Å². The van der Waals surface area contributed by atoms with E-state index >= 15 is 0 Å².